The van der Waals surface area contributed by atoms with Gasteiger partial charge in [-0.25, -0.2) is 4.98 Å². The zero-order valence-electron chi connectivity index (χ0n) is 12.7. The molecular weight excluding hydrogens is 288 g/mol. The second kappa shape index (κ2) is 7.22. The molecular formula is C15H20N2O5. The standard InChI is InChI=1S/C15H20N2O5/c1-10(2)22-13-5-3-4-12(16-13)15(20)17-6-7-21-9-11(17)8-14(18)19/h3-5,10-11H,6-9H2,1-2H3,(H,18,19). The minimum Gasteiger partial charge on any atom is -0.481 e. The van der Waals surface area contributed by atoms with Gasteiger partial charge >= 0.3 is 5.97 Å². The summed E-state index contributed by atoms with van der Waals surface area (Å²) in [4.78, 5) is 29.2. The Morgan fingerprint density at radius 3 is 2.95 bits per heavy atom. The molecule has 1 amide bonds. The number of carboxylic acid groups (broad SMARTS) is 1. The van der Waals surface area contributed by atoms with Gasteiger partial charge in [-0.1, -0.05) is 6.07 Å². The van der Waals surface area contributed by atoms with E-state index in [1.165, 1.54) is 4.90 Å². The van der Waals surface area contributed by atoms with Crippen LogP contribution in [0.3, 0.4) is 0 Å². The van der Waals surface area contributed by atoms with Crippen LogP contribution in [0.1, 0.15) is 30.8 Å². The van der Waals surface area contributed by atoms with Crippen LogP contribution in [0.2, 0.25) is 0 Å². The number of carbonyl (C=O) groups is 2. The van der Waals surface area contributed by atoms with Crippen molar-refractivity contribution in [3.05, 3.63) is 23.9 Å². The Labute approximate surface area is 128 Å². The number of hydrogen-bond donors (Lipinski definition) is 1. The third kappa shape index (κ3) is 4.17. The first-order chi connectivity index (χ1) is 10.5. The third-order valence-electron chi connectivity index (χ3n) is 3.20. The Balaban J connectivity index is 2.16. The molecule has 1 N–H and O–H groups in total. The number of pyridine rings is 1. The monoisotopic (exact) mass is 308 g/mol. The number of rotatable bonds is 5. The first-order valence-corrected chi connectivity index (χ1v) is 7.21. The van der Waals surface area contributed by atoms with Gasteiger partial charge in [0.15, 0.2) is 0 Å². The molecule has 0 bridgehead atoms. The Hall–Kier alpha value is -2.15. The highest BCUT2D eigenvalue weighted by atomic mass is 16.5. The van der Waals surface area contributed by atoms with Crippen molar-refractivity contribution in [2.75, 3.05) is 19.8 Å². The predicted octanol–water partition coefficient (Wildman–Crippen LogP) is 1.18. The van der Waals surface area contributed by atoms with E-state index in [2.05, 4.69) is 4.98 Å². The highest BCUT2D eigenvalue weighted by molar-refractivity contribution is 5.93. The summed E-state index contributed by atoms with van der Waals surface area (Å²) in [6.07, 6.45) is -0.186. The molecule has 1 aliphatic heterocycles. The van der Waals surface area contributed by atoms with Crippen LogP contribution < -0.4 is 4.74 Å². The van der Waals surface area contributed by atoms with Gasteiger partial charge < -0.3 is 19.5 Å². The lowest BCUT2D eigenvalue weighted by atomic mass is 10.1. The summed E-state index contributed by atoms with van der Waals surface area (Å²) in [5, 5.41) is 8.95. The number of amides is 1. The van der Waals surface area contributed by atoms with E-state index in [0.717, 1.165) is 0 Å². The fourth-order valence-electron chi connectivity index (χ4n) is 2.28. The highest BCUT2D eigenvalue weighted by Gasteiger charge is 2.30. The molecule has 1 aliphatic rings. The number of hydrogen-bond acceptors (Lipinski definition) is 5. The van der Waals surface area contributed by atoms with Crippen molar-refractivity contribution < 1.29 is 24.2 Å². The zero-order valence-corrected chi connectivity index (χ0v) is 12.7. The molecule has 1 fully saturated rings. The molecule has 2 heterocycles. The quantitative estimate of drug-likeness (QED) is 0.879. The maximum absolute atomic E-state index is 12.6. The topological polar surface area (TPSA) is 89.0 Å². The Kier molecular flexibility index (Phi) is 5.32. The average molecular weight is 308 g/mol. The molecule has 2 rings (SSSR count). The molecule has 0 aliphatic carbocycles. The van der Waals surface area contributed by atoms with Crippen LogP contribution in [0.5, 0.6) is 5.88 Å². The van der Waals surface area contributed by atoms with E-state index in [-0.39, 0.29) is 30.7 Å². The number of aromatic nitrogens is 1. The van der Waals surface area contributed by atoms with Crippen LogP contribution in [0.4, 0.5) is 0 Å². The lowest BCUT2D eigenvalue weighted by Gasteiger charge is -2.34. The number of carbonyl (C=O) groups excluding carboxylic acids is 1. The first kappa shape index (κ1) is 16.2. The van der Waals surface area contributed by atoms with Crippen molar-refractivity contribution in [2.45, 2.75) is 32.4 Å². The summed E-state index contributed by atoms with van der Waals surface area (Å²) in [7, 11) is 0. The van der Waals surface area contributed by atoms with Crippen LogP contribution >= 0.6 is 0 Å². The summed E-state index contributed by atoms with van der Waals surface area (Å²) >= 11 is 0. The van der Waals surface area contributed by atoms with Crippen molar-refractivity contribution in [2.24, 2.45) is 0 Å². The summed E-state index contributed by atoms with van der Waals surface area (Å²) in [5.41, 5.74) is 0.246. The van der Waals surface area contributed by atoms with Gasteiger partial charge in [0.1, 0.15) is 5.69 Å². The number of carboxylic acids is 1. The molecule has 120 valence electrons. The largest absolute Gasteiger partial charge is 0.481 e. The van der Waals surface area contributed by atoms with Gasteiger partial charge in [0.25, 0.3) is 5.91 Å². The summed E-state index contributed by atoms with van der Waals surface area (Å²) in [6.45, 7) is 4.72. The van der Waals surface area contributed by atoms with Gasteiger partial charge in [-0.2, -0.15) is 0 Å². The summed E-state index contributed by atoms with van der Waals surface area (Å²) in [6, 6.07) is 4.51. The van der Waals surface area contributed by atoms with Gasteiger partial charge in [0.05, 0.1) is 31.8 Å². The van der Waals surface area contributed by atoms with Crippen molar-refractivity contribution in [1.82, 2.24) is 9.88 Å². The van der Waals surface area contributed by atoms with Crippen LogP contribution in [-0.2, 0) is 9.53 Å². The molecule has 1 atom stereocenters. The molecule has 1 unspecified atom stereocenters. The maximum atomic E-state index is 12.6. The van der Waals surface area contributed by atoms with Gasteiger partial charge in [0, 0.05) is 12.6 Å². The second-order valence-corrected chi connectivity index (χ2v) is 5.35. The van der Waals surface area contributed by atoms with E-state index in [1.54, 1.807) is 18.2 Å². The molecule has 7 nitrogen and oxygen atoms in total. The van der Waals surface area contributed by atoms with Gasteiger partial charge in [-0.05, 0) is 19.9 Å². The maximum Gasteiger partial charge on any atom is 0.305 e. The van der Waals surface area contributed by atoms with E-state index in [4.69, 9.17) is 14.6 Å². The molecule has 7 heteroatoms. The van der Waals surface area contributed by atoms with Crippen molar-refractivity contribution >= 4 is 11.9 Å². The van der Waals surface area contributed by atoms with Gasteiger partial charge in [-0.3, -0.25) is 9.59 Å². The van der Waals surface area contributed by atoms with Crippen LogP contribution in [0.15, 0.2) is 18.2 Å². The molecule has 0 aromatic carbocycles. The highest BCUT2D eigenvalue weighted by Crippen LogP contribution is 2.16. The Morgan fingerprint density at radius 2 is 2.27 bits per heavy atom. The van der Waals surface area contributed by atoms with Crippen molar-refractivity contribution in [3.8, 4) is 5.88 Å². The van der Waals surface area contributed by atoms with Crippen LogP contribution in [0, 0.1) is 0 Å². The minimum atomic E-state index is -0.960. The van der Waals surface area contributed by atoms with E-state index in [9.17, 15) is 9.59 Å². The SMILES string of the molecule is CC(C)Oc1cccc(C(=O)N2CCOCC2CC(=O)O)n1. The van der Waals surface area contributed by atoms with E-state index < -0.39 is 12.0 Å². The van der Waals surface area contributed by atoms with Crippen molar-refractivity contribution in [3.63, 3.8) is 0 Å². The smallest absolute Gasteiger partial charge is 0.305 e. The van der Waals surface area contributed by atoms with Crippen LogP contribution in [-0.4, -0.2) is 58.8 Å². The van der Waals surface area contributed by atoms with E-state index in [1.807, 2.05) is 13.8 Å². The molecule has 0 radical (unpaired) electrons. The summed E-state index contributed by atoms with van der Waals surface area (Å²) < 4.78 is 10.8. The number of aliphatic carboxylic acids is 1. The third-order valence-corrected chi connectivity index (χ3v) is 3.20. The Morgan fingerprint density at radius 1 is 1.50 bits per heavy atom. The second-order valence-electron chi connectivity index (χ2n) is 5.35. The Bertz CT molecular complexity index is 546. The fourth-order valence-corrected chi connectivity index (χ4v) is 2.28. The molecule has 1 saturated heterocycles. The normalized spacial score (nSPS) is 18.3. The van der Waals surface area contributed by atoms with Gasteiger partial charge in [0.2, 0.25) is 5.88 Å². The average Bonchev–Trinajstić information content (AvgIpc) is 2.46. The van der Waals surface area contributed by atoms with Gasteiger partial charge in [-0.15, -0.1) is 0 Å². The molecule has 22 heavy (non-hydrogen) atoms. The van der Waals surface area contributed by atoms with E-state index >= 15 is 0 Å². The number of nitrogens with zero attached hydrogens (tertiary/aromatic N) is 2. The fraction of sp³-hybridized carbons (Fsp3) is 0.533. The zero-order chi connectivity index (χ0) is 16.1. The number of ether oxygens (including phenoxy) is 2. The van der Waals surface area contributed by atoms with Crippen LogP contribution in [0.25, 0.3) is 0 Å². The number of morpholine rings is 1. The predicted molar refractivity (Wildman–Crippen MR) is 77.9 cm³/mol. The lowest BCUT2D eigenvalue weighted by molar-refractivity contribution is -0.139. The molecule has 0 saturated carbocycles. The van der Waals surface area contributed by atoms with E-state index in [0.29, 0.717) is 19.0 Å². The first-order valence-electron chi connectivity index (χ1n) is 7.21. The summed E-state index contributed by atoms with van der Waals surface area (Å²) in [5.74, 6) is -0.884. The molecule has 1 aromatic rings. The lowest BCUT2D eigenvalue weighted by Crippen LogP contribution is -2.49. The molecule has 1 aromatic heterocycles. The van der Waals surface area contributed by atoms with Crippen molar-refractivity contribution in [1.29, 1.82) is 0 Å². The molecule has 0 spiro atoms. The minimum absolute atomic E-state index is 0.0407.